The first kappa shape index (κ1) is 9.02. The van der Waals surface area contributed by atoms with E-state index in [4.69, 9.17) is 11.6 Å². The summed E-state index contributed by atoms with van der Waals surface area (Å²) in [5.41, 5.74) is 0.859. The summed E-state index contributed by atoms with van der Waals surface area (Å²) in [5.74, 6) is 0.873. The number of hydrogen-bond donors (Lipinski definition) is 2. The average molecular weight is 209 g/mol. The molecule has 0 aliphatic rings. The van der Waals surface area contributed by atoms with Crippen LogP contribution in [0.5, 0.6) is 0 Å². The van der Waals surface area contributed by atoms with Crippen LogP contribution in [-0.2, 0) is 6.54 Å². The smallest absolute Gasteiger partial charge is 0.125 e. The summed E-state index contributed by atoms with van der Waals surface area (Å²) in [6, 6.07) is 1.82. The summed E-state index contributed by atoms with van der Waals surface area (Å²) in [6.45, 7) is 0.622. The van der Waals surface area contributed by atoms with Gasteiger partial charge in [0.2, 0.25) is 0 Å². The number of aromatic nitrogens is 3. The molecule has 0 aromatic carbocycles. The van der Waals surface area contributed by atoms with Crippen molar-refractivity contribution in [2.45, 2.75) is 6.54 Å². The van der Waals surface area contributed by atoms with Gasteiger partial charge < -0.3 is 10.3 Å². The maximum Gasteiger partial charge on any atom is 0.125 e. The van der Waals surface area contributed by atoms with Crippen LogP contribution in [0.1, 0.15) is 5.82 Å². The fourth-order valence-corrected chi connectivity index (χ4v) is 1.28. The molecule has 2 N–H and O–H groups in total. The third-order valence-corrected chi connectivity index (χ3v) is 2.07. The SMILES string of the molecule is Clc1cnccc1NCc1ncc[nH]1. The Hall–Kier alpha value is -1.55. The highest BCUT2D eigenvalue weighted by Crippen LogP contribution is 2.19. The van der Waals surface area contributed by atoms with Crippen LogP contribution in [0.3, 0.4) is 0 Å². The predicted octanol–water partition coefficient (Wildman–Crippen LogP) is 2.07. The Kier molecular flexibility index (Phi) is 2.65. The largest absolute Gasteiger partial charge is 0.377 e. The zero-order chi connectivity index (χ0) is 9.80. The molecule has 0 saturated carbocycles. The maximum atomic E-state index is 5.91. The van der Waals surface area contributed by atoms with E-state index in [1.165, 1.54) is 0 Å². The maximum absolute atomic E-state index is 5.91. The van der Waals surface area contributed by atoms with Crippen LogP contribution >= 0.6 is 11.6 Å². The van der Waals surface area contributed by atoms with E-state index in [1.807, 2.05) is 6.07 Å². The van der Waals surface area contributed by atoms with Gasteiger partial charge >= 0.3 is 0 Å². The first-order valence-electron chi connectivity index (χ1n) is 4.18. The number of halogens is 1. The number of pyridine rings is 1. The highest BCUT2D eigenvalue weighted by molar-refractivity contribution is 6.33. The monoisotopic (exact) mass is 208 g/mol. The molecular formula is C9H9ClN4. The molecule has 2 rings (SSSR count). The van der Waals surface area contributed by atoms with Gasteiger partial charge in [0.15, 0.2) is 0 Å². The molecule has 0 aliphatic carbocycles. The van der Waals surface area contributed by atoms with Crippen molar-refractivity contribution in [3.63, 3.8) is 0 Å². The van der Waals surface area contributed by atoms with E-state index in [9.17, 15) is 0 Å². The van der Waals surface area contributed by atoms with Gasteiger partial charge in [0.1, 0.15) is 5.82 Å². The van der Waals surface area contributed by atoms with Crippen LogP contribution in [0.2, 0.25) is 5.02 Å². The third kappa shape index (κ3) is 2.03. The van der Waals surface area contributed by atoms with E-state index in [2.05, 4.69) is 20.3 Å². The Balaban J connectivity index is 2.02. The lowest BCUT2D eigenvalue weighted by molar-refractivity contribution is 0.999. The molecule has 0 radical (unpaired) electrons. The molecule has 0 amide bonds. The van der Waals surface area contributed by atoms with Crippen molar-refractivity contribution in [3.8, 4) is 0 Å². The summed E-state index contributed by atoms with van der Waals surface area (Å²) < 4.78 is 0. The van der Waals surface area contributed by atoms with E-state index < -0.39 is 0 Å². The number of nitrogens with one attached hydrogen (secondary N) is 2. The number of rotatable bonds is 3. The van der Waals surface area contributed by atoms with Gasteiger partial charge in [0.25, 0.3) is 0 Å². The number of nitrogens with zero attached hydrogens (tertiary/aromatic N) is 2. The first-order valence-corrected chi connectivity index (χ1v) is 4.55. The first-order chi connectivity index (χ1) is 6.86. The van der Waals surface area contributed by atoms with E-state index in [0.29, 0.717) is 11.6 Å². The molecule has 0 aliphatic heterocycles. The summed E-state index contributed by atoms with van der Waals surface area (Å²) >= 11 is 5.91. The minimum Gasteiger partial charge on any atom is -0.377 e. The number of hydrogen-bond acceptors (Lipinski definition) is 3. The number of H-pyrrole nitrogens is 1. The van der Waals surface area contributed by atoms with Crippen molar-refractivity contribution in [3.05, 3.63) is 41.7 Å². The van der Waals surface area contributed by atoms with Crippen LogP contribution in [-0.4, -0.2) is 15.0 Å². The van der Waals surface area contributed by atoms with Crippen molar-refractivity contribution in [1.29, 1.82) is 0 Å². The van der Waals surface area contributed by atoms with Crippen molar-refractivity contribution in [1.82, 2.24) is 15.0 Å². The topological polar surface area (TPSA) is 53.6 Å². The molecule has 2 aromatic heterocycles. The molecule has 72 valence electrons. The van der Waals surface area contributed by atoms with Crippen LogP contribution < -0.4 is 5.32 Å². The van der Waals surface area contributed by atoms with E-state index in [1.54, 1.807) is 24.8 Å². The molecule has 0 spiro atoms. The molecule has 0 saturated heterocycles. The van der Waals surface area contributed by atoms with Gasteiger partial charge in [-0.25, -0.2) is 4.98 Å². The Bertz CT molecular complexity index is 399. The van der Waals surface area contributed by atoms with Gasteiger partial charge in [-0.05, 0) is 6.07 Å². The number of aromatic amines is 1. The lowest BCUT2D eigenvalue weighted by Gasteiger charge is -2.05. The van der Waals surface area contributed by atoms with Crippen LogP contribution in [0.4, 0.5) is 5.69 Å². The van der Waals surface area contributed by atoms with E-state index in [0.717, 1.165) is 11.5 Å². The van der Waals surface area contributed by atoms with Crippen molar-refractivity contribution in [2.75, 3.05) is 5.32 Å². The minimum atomic E-state index is 0.610. The minimum absolute atomic E-state index is 0.610. The summed E-state index contributed by atoms with van der Waals surface area (Å²) in [7, 11) is 0. The number of imidazole rings is 1. The Morgan fingerprint density at radius 3 is 3.07 bits per heavy atom. The lowest BCUT2D eigenvalue weighted by Crippen LogP contribution is -2.01. The van der Waals surface area contributed by atoms with E-state index >= 15 is 0 Å². The van der Waals surface area contributed by atoms with Gasteiger partial charge in [-0.1, -0.05) is 11.6 Å². The number of anilines is 1. The molecule has 4 nitrogen and oxygen atoms in total. The van der Waals surface area contributed by atoms with Crippen LogP contribution in [0.15, 0.2) is 30.9 Å². The second kappa shape index (κ2) is 4.11. The van der Waals surface area contributed by atoms with Gasteiger partial charge in [-0.15, -0.1) is 0 Å². The second-order valence-corrected chi connectivity index (χ2v) is 3.15. The van der Waals surface area contributed by atoms with Crippen molar-refractivity contribution in [2.24, 2.45) is 0 Å². The molecule has 0 bridgehead atoms. The average Bonchev–Trinajstić information content (AvgIpc) is 2.69. The molecule has 0 atom stereocenters. The normalized spacial score (nSPS) is 10.1. The van der Waals surface area contributed by atoms with Gasteiger partial charge in [0.05, 0.1) is 17.3 Å². The fourth-order valence-electron chi connectivity index (χ4n) is 1.09. The van der Waals surface area contributed by atoms with Crippen LogP contribution in [0, 0.1) is 0 Å². The fraction of sp³-hybridized carbons (Fsp3) is 0.111. The van der Waals surface area contributed by atoms with Crippen molar-refractivity contribution >= 4 is 17.3 Å². The van der Waals surface area contributed by atoms with E-state index in [-0.39, 0.29) is 0 Å². The molecule has 0 unspecified atom stereocenters. The van der Waals surface area contributed by atoms with Gasteiger partial charge in [-0.2, -0.15) is 0 Å². The zero-order valence-corrected chi connectivity index (χ0v) is 8.12. The van der Waals surface area contributed by atoms with Gasteiger partial charge in [0, 0.05) is 24.8 Å². The molecule has 2 aromatic rings. The molecule has 0 fully saturated rings. The highest BCUT2D eigenvalue weighted by Gasteiger charge is 1.99. The Labute approximate surface area is 86.4 Å². The Morgan fingerprint density at radius 2 is 2.36 bits per heavy atom. The predicted molar refractivity (Wildman–Crippen MR) is 55.2 cm³/mol. The van der Waals surface area contributed by atoms with Crippen molar-refractivity contribution < 1.29 is 0 Å². The summed E-state index contributed by atoms with van der Waals surface area (Å²) in [5, 5.41) is 3.76. The molecular weight excluding hydrogens is 200 g/mol. The third-order valence-electron chi connectivity index (χ3n) is 1.77. The van der Waals surface area contributed by atoms with Crippen LogP contribution in [0.25, 0.3) is 0 Å². The Morgan fingerprint density at radius 1 is 1.43 bits per heavy atom. The quantitative estimate of drug-likeness (QED) is 0.812. The second-order valence-electron chi connectivity index (χ2n) is 2.74. The molecule has 14 heavy (non-hydrogen) atoms. The molecule has 2 heterocycles. The van der Waals surface area contributed by atoms with Gasteiger partial charge in [-0.3, -0.25) is 4.98 Å². The zero-order valence-electron chi connectivity index (χ0n) is 7.37. The highest BCUT2D eigenvalue weighted by atomic mass is 35.5. The standard InChI is InChI=1S/C9H9ClN4/c10-7-5-11-2-1-8(7)14-6-9-12-3-4-13-9/h1-5H,6H2,(H,11,14)(H,12,13). The summed E-state index contributed by atoms with van der Waals surface area (Å²) in [4.78, 5) is 11.0. The molecule has 5 heteroatoms. The summed E-state index contributed by atoms with van der Waals surface area (Å²) in [6.07, 6.45) is 6.79. The lowest BCUT2D eigenvalue weighted by atomic mass is 10.4.